The molecule has 0 radical (unpaired) electrons. The van der Waals surface area contributed by atoms with Gasteiger partial charge in [0.2, 0.25) is 5.91 Å². The van der Waals surface area contributed by atoms with E-state index in [9.17, 15) is 4.79 Å². The van der Waals surface area contributed by atoms with Crippen molar-refractivity contribution in [1.82, 2.24) is 15.1 Å². The average Bonchev–Trinajstić information content (AvgIpc) is 2.92. The highest BCUT2D eigenvalue weighted by atomic mass is 16.5. The minimum Gasteiger partial charge on any atom is -0.384 e. The zero-order valence-electron chi connectivity index (χ0n) is 14.4. The topological polar surface area (TPSA) is 91.4 Å². The lowest BCUT2D eigenvalue weighted by atomic mass is 10.1. The summed E-state index contributed by atoms with van der Waals surface area (Å²) >= 11 is 0. The van der Waals surface area contributed by atoms with Gasteiger partial charge in [0.25, 0.3) is 0 Å². The number of hydrogen-bond donors (Lipinski definition) is 2. The van der Waals surface area contributed by atoms with Crippen LogP contribution in [-0.2, 0) is 27.4 Å². The lowest BCUT2D eigenvalue weighted by molar-refractivity contribution is -0.127. The Morgan fingerprint density at radius 3 is 2.96 bits per heavy atom. The number of nitrogens with one attached hydrogen (secondary N) is 1. The molecule has 1 amide bonds. The molecule has 1 saturated heterocycles. The summed E-state index contributed by atoms with van der Waals surface area (Å²) in [5, 5.41) is 7.24. The normalized spacial score (nSPS) is 20.4. The van der Waals surface area contributed by atoms with Crippen molar-refractivity contribution in [3.8, 4) is 0 Å². The van der Waals surface area contributed by atoms with E-state index < -0.39 is 0 Å². The second-order valence-electron chi connectivity index (χ2n) is 6.24. The van der Waals surface area contributed by atoms with Crippen LogP contribution in [0.2, 0.25) is 0 Å². The molecule has 2 atom stereocenters. The number of hydrogen-bond acceptors (Lipinski definition) is 5. The van der Waals surface area contributed by atoms with Crippen LogP contribution in [0.4, 0.5) is 5.82 Å². The van der Waals surface area contributed by atoms with E-state index in [1.807, 2.05) is 37.3 Å². The molecule has 134 valence electrons. The van der Waals surface area contributed by atoms with E-state index in [1.165, 1.54) is 4.68 Å². The molecule has 3 N–H and O–H groups in total. The molecule has 0 saturated carbocycles. The van der Waals surface area contributed by atoms with Crippen molar-refractivity contribution in [1.29, 1.82) is 0 Å². The Morgan fingerprint density at radius 2 is 2.24 bits per heavy atom. The van der Waals surface area contributed by atoms with Gasteiger partial charge in [0.15, 0.2) is 0 Å². The number of nitrogen functional groups attached to an aromatic ring is 1. The minimum absolute atomic E-state index is 0.0807. The monoisotopic (exact) mass is 344 g/mol. The Labute approximate surface area is 147 Å². The number of nitrogens with two attached hydrogens (primary N) is 1. The first-order valence-corrected chi connectivity index (χ1v) is 8.44. The van der Waals surface area contributed by atoms with Gasteiger partial charge in [-0.05, 0) is 18.9 Å². The van der Waals surface area contributed by atoms with Crippen molar-refractivity contribution in [2.24, 2.45) is 0 Å². The number of carbonyl (C=O) groups is 1. The van der Waals surface area contributed by atoms with Crippen molar-refractivity contribution in [2.75, 3.05) is 18.9 Å². The highest BCUT2D eigenvalue weighted by Gasteiger charge is 2.28. The number of ether oxygens (including phenoxy) is 2. The van der Waals surface area contributed by atoms with Crippen LogP contribution < -0.4 is 11.1 Å². The van der Waals surface area contributed by atoms with Crippen molar-refractivity contribution in [3.63, 3.8) is 0 Å². The van der Waals surface area contributed by atoms with Crippen LogP contribution in [0.3, 0.4) is 0 Å². The van der Waals surface area contributed by atoms with Gasteiger partial charge in [0.1, 0.15) is 18.5 Å². The Hall–Kier alpha value is -2.38. The van der Waals surface area contributed by atoms with Crippen LogP contribution in [0, 0.1) is 6.92 Å². The third-order valence-electron chi connectivity index (χ3n) is 4.18. The van der Waals surface area contributed by atoms with Gasteiger partial charge in [0.05, 0.1) is 24.9 Å². The molecule has 0 aliphatic carbocycles. The van der Waals surface area contributed by atoms with Crippen LogP contribution in [0.15, 0.2) is 36.4 Å². The van der Waals surface area contributed by atoms with Gasteiger partial charge in [-0.3, -0.25) is 4.79 Å². The van der Waals surface area contributed by atoms with Gasteiger partial charge in [-0.2, -0.15) is 5.10 Å². The Balaban J connectivity index is 1.55. The molecule has 7 heteroatoms. The molecule has 1 aliphatic heterocycles. The Morgan fingerprint density at radius 1 is 1.44 bits per heavy atom. The lowest BCUT2D eigenvalue weighted by Gasteiger charge is -2.32. The maximum atomic E-state index is 12.3. The van der Waals surface area contributed by atoms with Gasteiger partial charge in [-0.15, -0.1) is 0 Å². The molecule has 1 aromatic carbocycles. The molecule has 0 spiro atoms. The number of aryl methyl sites for hydroxylation is 1. The number of aromatic nitrogens is 2. The van der Waals surface area contributed by atoms with Gasteiger partial charge < -0.3 is 20.5 Å². The van der Waals surface area contributed by atoms with E-state index in [0.717, 1.165) is 17.7 Å². The van der Waals surface area contributed by atoms with Crippen molar-refractivity contribution in [2.45, 2.75) is 38.6 Å². The summed E-state index contributed by atoms with van der Waals surface area (Å²) < 4.78 is 13.0. The standard InChI is InChI=1S/C18H24N4O3/c1-13-9-17(19)22(21-13)10-18(23)20-15-7-8-24-12-16(15)25-11-14-5-3-2-4-6-14/h2-6,9,15-16H,7-8,10-12,19H2,1H3,(H,20,23). The Bertz CT molecular complexity index is 702. The fourth-order valence-corrected chi connectivity index (χ4v) is 2.90. The van der Waals surface area contributed by atoms with E-state index in [2.05, 4.69) is 10.4 Å². The predicted molar refractivity (Wildman–Crippen MR) is 93.8 cm³/mol. The van der Waals surface area contributed by atoms with Gasteiger partial charge in [-0.25, -0.2) is 4.68 Å². The van der Waals surface area contributed by atoms with Crippen molar-refractivity contribution >= 4 is 11.7 Å². The maximum Gasteiger partial charge on any atom is 0.242 e. The smallest absolute Gasteiger partial charge is 0.242 e. The van der Waals surface area contributed by atoms with E-state index in [0.29, 0.717) is 25.6 Å². The van der Waals surface area contributed by atoms with Gasteiger partial charge in [0, 0.05) is 12.7 Å². The fourth-order valence-electron chi connectivity index (χ4n) is 2.90. The molecule has 2 unspecified atom stereocenters. The summed E-state index contributed by atoms with van der Waals surface area (Å²) in [4.78, 5) is 12.3. The van der Waals surface area contributed by atoms with Crippen LogP contribution in [0.25, 0.3) is 0 Å². The first-order chi connectivity index (χ1) is 12.1. The zero-order valence-corrected chi connectivity index (χ0v) is 14.4. The van der Waals surface area contributed by atoms with E-state index in [4.69, 9.17) is 15.2 Å². The predicted octanol–water partition coefficient (Wildman–Crippen LogP) is 1.26. The largest absolute Gasteiger partial charge is 0.384 e. The number of rotatable bonds is 6. The highest BCUT2D eigenvalue weighted by Crippen LogP contribution is 2.14. The molecule has 7 nitrogen and oxygen atoms in total. The summed E-state index contributed by atoms with van der Waals surface area (Å²) in [5.74, 6) is 0.353. The first-order valence-electron chi connectivity index (χ1n) is 8.44. The molecule has 1 aromatic heterocycles. The van der Waals surface area contributed by atoms with Crippen molar-refractivity contribution in [3.05, 3.63) is 47.7 Å². The number of benzene rings is 1. The summed E-state index contributed by atoms with van der Waals surface area (Å²) in [6, 6.07) is 11.6. The summed E-state index contributed by atoms with van der Waals surface area (Å²) in [5.41, 5.74) is 7.73. The number of nitrogens with zero attached hydrogens (tertiary/aromatic N) is 2. The molecular formula is C18H24N4O3. The molecule has 25 heavy (non-hydrogen) atoms. The average molecular weight is 344 g/mol. The third kappa shape index (κ3) is 4.80. The minimum atomic E-state index is -0.172. The summed E-state index contributed by atoms with van der Waals surface area (Å²) in [7, 11) is 0. The number of carbonyl (C=O) groups excluding carboxylic acids is 1. The summed E-state index contributed by atoms with van der Waals surface area (Å²) in [6.07, 6.45) is 0.549. The van der Waals surface area contributed by atoms with E-state index in [-0.39, 0.29) is 24.6 Å². The fraction of sp³-hybridized carbons (Fsp3) is 0.444. The molecular weight excluding hydrogens is 320 g/mol. The molecule has 3 rings (SSSR count). The van der Waals surface area contributed by atoms with Crippen LogP contribution >= 0.6 is 0 Å². The third-order valence-corrected chi connectivity index (χ3v) is 4.18. The highest BCUT2D eigenvalue weighted by molar-refractivity contribution is 5.76. The first kappa shape index (κ1) is 17.4. The van der Waals surface area contributed by atoms with Gasteiger partial charge >= 0.3 is 0 Å². The van der Waals surface area contributed by atoms with Crippen LogP contribution in [0.1, 0.15) is 17.7 Å². The second kappa shape index (κ2) is 8.13. The van der Waals surface area contributed by atoms with E-state index in [1.54, 1.807) is 6.07 Å². The van der Waals surface area contributed by atoms with Crippen LogP contribution in [0.5, 0.6) is 0 Å². The number of amides is 1. The molecule has 0 bridgehead atoms. The Kier molecular flexibility index (Phi) is 5.67. The van der Waals surface area contributed by atoms with Gasteiger partial charge in [-0.1, -0.05) is 30.3 Å². The zero-order chi connectivity index (χ0) is 17.6. The molecule has 2 heterocycles. The maximum absolute atomic E-state index is 12.3. The second-order valence-corrected chi connectivity index (χ2v) is 6.24. The van der Waals surface area contributed by atoms with Crippen molar-refractivity contribution < 1.29 is 14.3 Å². The lowest BCUT2D eigenvalue weighted by Crippen LogP contribution is -2.50. The molecule has 1 fully saturated rings. The quantitative estimate of drug-likeness (QED) is 0.823. The van der Waals surface area contributed by atoms with Crippen LogP contribution in [-0.4, -0.2) is 41.0 Å². The SMILES string of the molecule is Cc1cc(N)n(CC(=O)NC2CCOCC2OCc2ccccc2)n1. The van der Waals surface area contributed by atoms with E-state index >= 15 is 0 Å². The molecule has 1 aliphatic rings. The number of anilines is 1. The summed E-state index contributed by atoms with van der Waals surface area (Å²) in [6.45, 7) is 3.52. The molecule has 2 aromatic rings.